The standard InChI is InChI=1S/C15H25N3O2/c1-11-4-2-8-15(16,10-11)14-17-13(20-18-14)7-6-12-5-3-9-19-12/h11-12H,2-10,16H2,1H3. The summed E-state index contributed by atoms with van der Waals surface area (Å²) in [6.45, 7) is 3.14. The Bertz CT molecular complexity index is 442. The summed E-state index contributed by atoms with van der Waals surface area (Å²) >= 11 is 0. The van der Waals surface area contributed by atoms with Crippen LogP contribution in [0.3, 0.4) is 0 Å². The summed E-state index contributed by atoms with van der Waals surface area (Å²) in [5.41, 5.74) is 6.11. The van der Waals surface area contributed by atoms with Crippen molar-refractivity contribution in [1.82, 2.24) is 10.1 Å². The lowest BCUT2D eigenvalue weighted by Crippen LogP contribution is -2.42. The molecule has 1 saturated carbocycles. The summed E-state index contributed by atoms with van der Waals surface area (Å²) in [7, 11) is 0. The third-order valence-electron chi connectivity index (χ3n) is 4.65. The lowest BCUT2D eigenvalue weighted by molar-refractivity contribution is 0.102. The molecule has 2 heterocycles. The number of aromatic nitrogens is 2. The second-order valence-corrected chi connectivity index (χ2v) is 6.54. The van der Waals surface area contributed by atoms with Crippen molar-refractivity contribution in [3.8, 4) is 0 Å². The maximum absolute atomic E-state index is 6.49. The first-order chi connectivity index (χ1) is 9.66. The molecular weight excluding hydrogens is 254 g/mol. The highest BCUT2D eigenvalue weighted by Crippen LogP contribution is 2.36. The summed E-state index contributed by atoms with van der Waals surface area (Å²) in [5, 5.41) is 4.14. The van der Waals surface area contributed by atoms with Gasteiger partial charge in [-0.2, -0.15) is 4.98 Å². The van der Waals surface area contributed by atoms with Gasteiger partial charge in [0, 0.05) is 13.0 Å². The molecule has 112 valence electrons. The first-order valence-electron chi connectivity index (χ1n) is 7.89. The van der Waals surface area contributed by atoms with Crippen molar-refractivity contribution in [1.29, 1.82) is 0 Å². The van der Waals surface area contributed by atoms with Crippen molar-refractivity contribution in [3.63, 3.8) is 0 Å². The van der Waals surface area contributed by atoms with Crippen molar-refractivity contribution in [2.45, 2.75) is 69.9 Å². The van der Waals surface area contributed by atoms with Gasteiger partial charge in [-0.25, -0.2) is 0 Å². The fraction of sp³-hybridized carbons (Fsp3) is 0.867. The molecule has 0 amide bonds. The highest BCUT2D eigenvalue weighted by Gasteiger charge is 2.37. The monoisotopic (exact) mass is 279 g/mol. The van der Waals surface area contributed by atoms with Crippen LogP contribution in [0.2, 0.25) is 0 Å². The number of nitrogens with zero attached hydrogens (tertiary/aromatic N) is 2. The van der Waals surface area contributed by atoms with Gasteiger partial charge in [0.2, 0.25) is 5.89 Å². The van der Waals surface area contributed by atoms with E-state index in [-0.39, 0.29) is 5.54 Å². The van der Waals surface area contributed by atoms with Crippen LogP contribution in [0.1, 0.15) is 63.6 Å². The van der Waals surface area contributed by atoms with E-state index in [0.717, 1.165) is 45.1 Å². The van der Waals surface area contributed by atoms with Gasteiger partial charge in [0.25, 0.3) is 0 Å². The van der Waals surface area contributed by atoms with E-state index < -0.39 is 0 Å². The molecule has 2 N–H and O–H groups in total. The number of hydrogen-bond donors (Lipinski definition) is 1. The van der Waals surface area contributed by atoms with Gasteiger partial charge < -0.3 is 15.0 Å². The lowest BCUT2D eigenvalue weighted by atomic mass is 9.76. The maximum Gasteiger partial charge on any atom is 0.226 e. The number of aryl methyl sites for hydroxylation is 1. The summed E-state index contributed by atoms with van der Waals surface area (Å²) < 4.78 is 11.0. The van der Waals surface area contributed by atoms with Crippen molar-refractivity contribution < 1.29 is 9.26 Å². The minimum absolute atomic E-state index is 0.367. The smallest absolute Gasteiger partial charge is 0.226 e. The van der Waals surface area contributed by atoms with E-state index in [0.29, 0.717) is 23.7 Å². The van der Waals surface area contributed by atoms with E-state index in [2.05, 4.69) is 17.1 Å². The molecule has 5 heteroatoms. The minimum atomic E-state index is -0.386. The molecule has 3 rings (SSSR count). The predicted molar refractivity (Wildman–Crippen MR) is 75.1 cm³/mol. The third-order valence-corrected chi connectivity index (χ3v) is 4.65. The highest BCUT2D eigenvalue weighted by molar-refractivity contribution is 5.06. The van der Waals surface area contributed by atoms with Crippen LogP contribution in [-0.2, 0) is 16.7 Å². The van der Waals surface area contributed by atoms with E-state index in [1.54, 1.807) is 0 Å². The SMILES string of the molecule is CC1CCCC(N)(c2noc(CCC3CCCO3)n2)C1. The maximum atomic E-state index is 6.49. The quantitative estimate of drug-likeness (QED) is 0.916. The molecular formula is C15H25N3O2. The third kappa shape index (κ3) is 3.04. The Balaban J connectivity index is 1.60. The Kier molecular flexibility index (Phi) is 4.08. The average molecular weight is 279 g/mol. The molecule has 5 nitrogen and oxygen atoms in total. The molecule has 0 bridgehead atoms. The zero-order chi connectivity index (χ0) is 14.0. The van der Waals surface area contributed by atoms with Gasteiger partial charge in [0.1, 0.15) is 0 Å². The second kappa shape index (κ2) is 5.82. The molecule has 2 fully saturated rings. The fourth-order valence-corrected chi connectivity index (χ4v) is 3.51. The molecule has 3 atom stereocenters. The van der Waals surface area contributed by atoms with Crippen molar-refractivity contribution in [2.75, 3.05) is 6.61 Å². The van der Waals surface area contributed by atoms with Crippen LogP contribution in [0.5, 0.6) is 0 Å². The molecule has 1 aliphatic carbocycles. The van der Waals surface area contributed by atoms with E-state index >= 15 is 0 Å². The summed E-state index contributed by atoms with van der Waals surface area (Å²) in [6.07, 6.45) is 8.77. The van der Waals surface area contributed by atoms with E-state index in [9.17, 15) is 0 Å². The van der Waals surface area contributed by atoms with Crippen LogP contribution in [0, 0.1) is 5.92 Å². The zero-order valence-corrected chi connectivity index (χ0v) is 12.3. The van der Waals surface area contributed by atoms with Crippen molar-refractivity contribution in [2.24, 2.45) is 11.7 Å². The van der Waals surface area contributed by atoms with Gasteiger partial charge in [-0.1, -0.05) is 24.9 Å². The minimum Gasteiger partial charge on any atom is -0.378 e. The van der Waals surface area contributed by atoms with Gasteiger partial charge in [-0.05, 0) is 38.0 Å². The predicted octanol–water partition coefficient (Wildman–Crippen LogP) is 2.55. The number of ether oxygens (including phenoxy) is 1. The molecule has 1 aliphatic heterocycles. The van der Waals surface area contributed by atoms with Crippen LogP contribution in [0.4, 0.5) is 0 Å². The Morgan fingerprint density at radius 1 is 1.35 bits per heavy atom. The Hall–Kier alpha value is -0.940. The molecule has 0 radical (unpaired) electrons. The molecule has 0 aromatic carbocycles. The van der Waals surface area contributed by atoms with Gasteiger partial charge in [0.15, 0.2) is 5.82 Å². The largest absolute Gasteiger partial charge is 0.378 e. The van der Waals surface area contributed by atoms with Crippen molar-refractivity contribution >= 4 is 0 Å². The Morgan fingerprint density at radius 3 is 3.00 bits per heavy atom. The summed E-state index contributed by atoms with van der Waals surface area (Å²) in [5.74, 6) is 2.05. The van der Waals surface area contributed by atoms with E-state index in [1.165, 1.54) is 12.8 Å². The lowest BCUT2D eigenvalue weighted by Gasteiger charge is -2.33. The van der Waals surface area contributed by atoms with E-state index in [4.69, 9.17) is 15.0 Å². The van der Waals surface area contributed by atoms with Gasteiger partial charge in [0.05, 0.1) is 11.6 Å². The zero-order valence-electron chi connectivity index (χ0n) is 12.3. The molecule has 2 aliphatic rings. The normalized spacial score (nSPS) is 34.5. The number of rotatable bonds is 4. The first kappa shape index (κ1) is 14.0. The van der Waals surface area contributed by atoms with Crippen LogP contribution in [0.15, 0.2) is 4.52 Å². The second-order valence-electron chi connectivity index (χ2n) is 6.54. The Labute approximate surface area is 120 Å². The van der Waals surface area contributed by atoms with Gasteiger partial charge >= 0.3 is 0 Å². The number of nitrogens with two attached hydrogens (primary N) is 1. The molecule has 0 spiro atoms. The van der Waals surface area contributed by atoms with E-state index in [1.807, 2.05) is 0 Å². The fourth-order valence-electron chi connectivity index (χ4n) is 3.51. The van der Waals surface area contributed by atoms with Crippen LogP contribution < -0.4 is 5.73 Å². The Morgan fingerprint density at radius 2 is 2.25 bits per heavy atom. The summed E-state index contributed by atoms with van der Waals surface area (Å²) in [6, 6.07) is 0. The molecule has 3 unspecified atom stereocenters. The first-order valence-corrected chi connectivity index (χ1v) is 7.89. The molecule has 1 aromatic rings. The van der Waals surface area contributed by atoms with Gasteiger partial charge in [-0.3, -0.25) is 0 Å². The van der Waals surface area contributed by atoms with Crippen molar-refractivity contribution in [3.05, 3.63) is 11.7 Å². The van der Waals surface area contributed by atoms with Gasteiger partial charge in [-0.15, -0.1) is 0 Å². The molecule has 1 aromatic heterocycles. The van der Waals surface area contributed by atoms with Crippen LogP contribution >= 0.6 is 0 Å². The highest BCUT2D eigenvalue weighted by atomic mass is 16.5. The van der Waals surface area contributed by atoms with Crippen LogP contribution in [-0.4, -0.2) is 22.9 Å². The van der Waals surface area contributed by atoms with Crippen LogP contribution in [0.25, 0.3) is 0 Å². The average Bonchev–Trinajstić information content (AvgIpc) is 3.08. The molecule has 20 heavy (non-hydrogen) atoms. The topological polar surface area (TPSA) is 74.2 Å². The molecule has 1 saturated heterocycles. The number of hydrogen-bond acceptors (Lipinski definition) is 5. The summed E-state index contributed by atoms with van der Waals surface area (Å²) in [4.78, 5) is 4.54.